The maximum atomic E-state index is 13.1. The number of esters is 1. The second-order valence-corrected chi connectivity index (χ2v) is 8.28. The highest BCUT2D eigenvalue weighted by atomic mass is 16.5. The van der Waals surface area contributed by atoms with Gasteiger partial charge < -0.3 is 24.8 Å². The summed E-state index contributed by atoms with van der Waals surface area (Å²) in [5, 5.41) is 3.04. The summed E-state index contributed by atoms with van der Waals surface area (Å²) < 4.78 is 5.11. The van der Waals surface area contributed by atoms with Gasteiger partial charge in [-0.25, -0.2) is 4.79 Å². The van der Waals surface area contributed by atoms with Crippen LogP contribution in [0.4, 0.5) is 0 Å². The van der Waals surface area contributed by atoms with Crippen LogP contribution in [-0.4, -0.2) is 78.4 Å². The Morgan fingerprint density at radius 1 is 1.13 bits per heavy atom. The van der Waals surface area contributed by atoms with Crippen molar-refractivity contribution < 1.29 is 19.1 Å². The van der Waals surface area contributed by atoms with Crippen molar-refractivity contribution >= 4 is 17.8 Å². The summed E-state index contributed by atoms with van der Waals surface area (Å²) in [7, 11) is 0. The molecule has 8 heteroatoms. The van der Waals surface area contributed by atoms with Gasteiger partial charge in [0.2, 0.25) is 5.91 Å². The van der Waals surface area contributed by atoms with Crippen LogP contribution in [0, 0.1) is 19.8 Å². The molecule has 3 rings (SSSR count). The number of carbonyl (C=O) groups is 3. The van der Waals surface area contributed by atoms with E-state index in [1.807, 2.05) is 0 Å². The van der Waals surface area contributed by atoms with Crippen molar-refractivity contribution in [2.75, 3.05) is 45.9 Å². The number of amides is 2. The molecule has 0 saturated carbocycles. The number of aromatic amines is 1. The van der Waals surface area contributed by atoms with Crippen molar-refractivity contribution in [1.29, 1.82) is 0 Å². The normalized spacial score (nSPS) is 19.7. The van der Waals surface area contributed by atoms with Crippen molar-refractivity contribution in [1.82, 2.24) is 20.1 Å². The highest BCUT2D eigenvalue weighted by Gasteiger charge is 2.31. The Labute approximate surface area is 178 Å². The minimum Gasteiger partial charge on any atom is -0.462 e. The van der Waals surface area contributed by atoms with Crippen LogP contribution in [0.15, 0.2) is 0 Å². The quantitative estimate of drug-likeness (QED) is 0.659. The zero-order chi connectivity index (χ0) is 21.7. The number of aryl methyl sites for hydroxylation is 1. The summed E-state index contributed by atoms with van der Waals surface area (Å²) in [5.74, 6) is -0.752. The van der Waals surface area contributed by atoms with Crippen LogP contribution in [0.3, 0.4) is 0 Å². The van der Waals surface area contributed by atoms with E-state index in [4.69, 9.17) is 4.74 Å². The van der Waals surface area contributed by atoms with Crippen LogP contribution in [0.1, 0.15) is 64.7 Å². The zero-order valence-corrected chi connectivity index (χ0v) is 18.4. The average Bonchev–Trinajstić information content (AvgIpc) is 3.35. The number of likely N-dealkylation sites (tertiary alicyclic amines) is 2. The molecule has 1 atom stereocenters. The van der Waals surface area contributed by atoms with E-state index in [1.54, 1.807) is 25.7 Å². The molecule has 2 aliphatic heterocycles. The molecule has 1 aromatic rings. The third-order valence-electron chi connectivity index (χ3n) is 6.14. The summed E-state index contributed by atoms with van der Waals surface area (Å²) in [6.07, 6.45) is 4.06. The first-order chi connectivity index (χ1) is 14.4. The summed E-state index contributed by atoms with van der Waals surface area (Å²) in [5.41, 5.74) is 2.06. The van der Waals surface area contributed by atoms with Crippen LogP contribution in [0.2, 0.25) is 0 Å². The lowest BCUT2D eigenvalue weighted by Gasteiger charge is -2.32. The standard InChI is InChI=1S/C22H34N4O4/c1-4-30-22(29)18-15(2)19(24-16(18)3)21(28)26-12-7-8-17(14-26)20(27)23-9-13-25-10-5-6-11-25/h17,24H,4-14H2,1-3H3,(H,23,27). The Hall–Kier alpha value is -2.35. The van der Waals surface area contributed by atoms with Gasteiger partial charge in [0.25, 0.3) is 5.91 Å². The van der Waals surface area contributed by atoms with Crippen LogP contribution in [-0.2, 0) is 9.53 Å². The van der Waals surface area contributed by atoms with E-state index in [2.05, 4.69) is 15.2 Å². The first-order valence-electron chi connectivity index (χ1n) is 11.1. The van der Waals surface area contributed by atoms with E-state index in [0.717, 1.165) is 32.5 Å². The lowest BCUT2D eigenvalue weighted by atomic mass is 9.96. The van der Waals surface area contributed by atoms with Gasteiger partial charge in [-0.1, -0.05) is 0 Å². The maximum Gasteiger partial charge on any atom is 0.340 e. The van der Waals surface area contributed by atoms with Crippen molar-refractivity contribution in [2.24, 2.45) is 5.92 Å². The second-order valence-electron chi connectivity index (χ2n) is 8.28. The molecule has 1 aromatic heterocycles. The molecule has 3 heterocycles. The summed E-state index contributed by atoms with van der Waals surface area (Å²) in [4.78, 5) is 45.1. The van der Waals surface area contributed by atoms with E-state index in [0.29, 0.717) is 42.1 Å². The van der Waals surface area contributed by atoms with E-state index < -0.39 is 5.97 Å². The smallest absolute Gasteiger partial charge is 0.340 e. The van der Waals surface area contributed by atoms with Gasteiger partial charge in [0.05, 0.1) is 18.1 Å². The molecule has 0 aromatic carbocycles. The molecule has 2 N–H and O–H groups in total. The molecular formula is C22H34N4O4. The zero-order valence-electron chi connectivity index (χ0n) is 18.4. The van der Waals surface area contributed by atoms with Gasteiger partial charge in [-0.05, 0) is 65.1 Å². The third-order valence-corrected chi connectivity index (χ3v) is 6.14. The largest absolute Gasteiger partial charge is 0.462 e. The summed E-state index contributed by atoms with van der Waals surface area (Å²) in [6.45, 7) is 10.4. The molecule has 1 unspecified atom stereocenters. The molecule has 0 aliphatic carbocycles. The number of carbonyl (C=O) groups excluding carboxylic acids is 3. The first-order valence-corrected chi connectivity index (χ1v) is 11.1. The Morgan fingerprint density at radius 2 is 1.87 bits per heavy atom. The lowest BCUT2D eigenvalue weighted by Crippen LogP contribution is -2.46. The second kappa shape index (κ2) is 10.1. The van der Waals surface area contributed by atoms with Crippen molar-refractivity contribution in [2.45, 2.75) is 46.5 Å². The molecule has 2 fully saturated rings. The Balaban J connectivity index is 1.59. The first kappa shape index (κ1) is 22.3. The van der Waals surface area contributed by atoms with E-state index in [9.17, 15) is 14.4 Å². The van der Waals surface area contributed by atoms with Crippen LogP contribution >= 0.6 is 0 Å². The number of ether oxygens (including phenoxy) is 1. The molecule has 0 spiro atoms. The van der Waals surface area contributed by atoms with Crippen LogP contribution in [0.25, 0.3) is 0 Å². The van der Waals surface area contributed by atoms with Crippen LogP contribution in [0.5, 0.6) is 0 Å². The van der Waals surface area contributed by atoms with E-state index in [-0.39, 0.29) is 24.3 Å². The SMILES string of the molecule is CCOC(=O)c1c(C)[nH]c(C(=O)N2CCCC(C(=O)NCCN3CCCC3)C2)c1C. The van der Waals surface area contributed by atoms with Crippen LogP contribution < -0.4 is 5.32 Å². The number of hydrogen-bond donors (Lipinski definition) is 2. The highest BCUT2D eigenvalue weighted by molar-refractivity contribution is 6.00. The van der Waals surface area contributed by atoms with Gasteiger partial charge in [0, 0.05) is 31.9 Å². The highest BCUT2D eigenvalue weighted by Crippen LogP contribution is 2.23. The topological polar surface area (TPSA) is 94.7 Å². The monoisotopic (exact) mass is 418 g/mol. The number of nitrogens with zero attached hydrogens (tertiary/aromatic N) is 2. The van der Waals surface area contributed by atoms with E-state index in [1.165, 1.54) is 12.8 Å². The lowest BCUT2D eigenvalue weighted by molar-refractivity contribution is -0.126. The molecule has 30 heavy (non-hydrogen) atoms. The number of piperidine rings is 1. The van der Waals surface area contributed by atoms with Crippen molar-refractivity contribution in [3.8, 4) is 0 Å². The molecule has 2 amide bonds. The van der Waals surface area contributed by atoms with E-state index >= 15 is 0 Å². The molecule has 166 valence electrons. The van der Waals surface area contributed by atoms with Crippen molar-refractivity contribution in [3.63, 3.8) is 0 Å². The van der Waals surface area contributed by atoms with Gasteiger partial charge in [-0.3, -0.25) is 9.59 Å². The fourth-order valence-electron chi connectivity index (χ4n) is 4.49. The molecule has 2 aliphatic rings. The summed E-state index contributed by atoms with van der Waals surface area (Å²) in [6, 6.07) is 0. The average molecular weight is 419 g/mol. The Morgan fingerprint density at radius 3 is 2.57 bits per heavy atom. The molecular weight excluding hydrogens is 384 g/mol. The molecule has 0 radical (unpaired) electrons. The van der Waals surface area contributed by atoms with Gasteiger partial charge in [-0.2, -0.15) is 0 Å². The predicted molar refractivity (Wildman–Crippen MR) is 114 cm³/mol. The molecule has 8 nitrogen and oxygen atoms in total. The number of nitrogens with one attached hydrogen (secondary N) is 2. The predicted octanol–water partition coefficient (Wildman–Crippen LogP) is 1.87. The number of rotatable bonds is 7. The van der Waals surface area contributed by atoms with Gasteiger partial charge in [0.1, 0.15) is 5.69 Å². The summed E-state index contributed by atoms with van der Waals surface area (Å²) >= 11 is 0. The Kier molecular flexibility index (Phi) is 7.53. The minimum atomic E-state index is -0.420. The van der Waals surface area contributed by atoms with Crippen molar-refractivity contribution in [3.05, 3.63) is 22.5 Å². The van der Waals surface area contributed by atoms with Gasteiger partial charge >= 0.3 is 5.97 Å². The molecule has 0 bridgehead atoms. The van der Waals surface area contributed by atoms with Gasteiger partial charge in [0.15, 0.2) is 0 Å². The molecule has 2 saturated heterocycles. The number of H-pyrrole nitrogens is 1. The number of aromatic nitrogens is 1. The number of hydrogen-bond acceptors (Lipinski definition) is 5. The third kappa shape index (κ3) is 5.03. The minimum absolute atomic E-state index is 0.0262. The fraction of sp³-hybridized carbons (Fsp3) is 0.682. The Bertz CT molecular complexity index is 782. The van der Waals surface area contributed by atoms with Gasteiger partial charge in [-0.15, -0.1) is 0 Å². The maximum absolute atomic E-state index is 13.1. The fourth-order valence-corrected chi connectivity index (χ4v) is 4.49.